The van der Waals surface area contributed by atoms with Gasteiger partial charge in [-0.3, -0.25) is 9.36 Å². The number of carbonyl (C=O) groups is 1. The summed E-state index contributed by atoms with van der Waals surface area (Å²) in [5, 5.41) is 22.2. The number of carbonyl (C=O) groups excluding carboxylic acids is 1. The molecule has 34 heavy (non-hydrogen) atoms. The number of aromatic nitrogens is 5. The molecule has 4 aromatic rings. The van der Waals surface area contributed by atoms with E-state index >= 15 is 0 Å². The van der Waals surface area contributed by atoms with E-state index in [9.17, 15) is 4.79 Å². The highest BCUT2D eigenvalue weighted by molar-refractivity contribution is 7.98. The van der Waals surface area contributed by atoms with E-state index in [2.05, 4.69) is 47.3 Å². The molecule has 2 aromatic heterocycles. The first-order valence-corrected chi connectivity index (χ1v) is 13.1. The number of thioether (sulfide) groups is 1. The van der Waals surface area contributed by atoms with Crippen molar-refractivity contribution in [2.45, 2.75) is 36.7 Å². The maximum atomic E-state index is 12.5. The Morgan fingerprint density at radius 3 is 2.41 bits per heavy atom. The van der Waals surface area contributed by atoms with Gasteiger partial charge in [0.25, 0.3) is 5.91 Å². The van der Waals surface area contributed by atoms with Crippen LogP contribution in [0.1, 0.15) is 39.6 Å². The minimum Gasteiger partial charge on any atom is -0.346 e. The van der Waals surface area contributed by atoms with Crippen molar-refractivity contribution in [3.63, 3.8) is 0 Å². The fourth-order valence-corrected chi connectivity index (χ4v) is 5.53. The monoisotopic (exact) mass is 491 g/mol. The third kappa shape index (κ3) is 5.28. The van der Waals surface area contributed by atoms with Crippen molar-refractivity contribution < 1.29 is 4.79 Å². The van der Waals surface area contributed by atoms with Gasteiger partial charge in [0.2, 0.25) is 11.0 Å². The number of hydrogen-bond acceptors (Lipinski definition) is 8. The zero-order valence-electron chi connectivity index (χ0n) is 18.6. The zero-order valence-corrected chi connectivity index (χ0v) is 20.3. The molecule has 5 rings (SSSR count). The van der Waals surface area contributed by atoms with E-state index in [1.807, 2.05) is 48.5 Å². The molecule has 2 aromatic carbocycles. The van der Waals surface area contributed by atoms with Gasteiger partial charge in [0.15, 0.2) is 5.16 Å². The molecule has 10 heteroatoms. The van der Waals surface area contributed by atoms with Crippen LogP contribution in [-0.4, -0.2) is 44.0 Å². The van der Waals surface area contributed by atoms with E-state index in [1.54, 1.807) is 11.8 Å². The average molecular weight is 492 g/mol. The van der Waals surface area contributed by atoms with Gasteiger partial charge >= 0.3 is 0 Å². The van der Waals surface area contributed by atoms with Crippen LogP contribution in [0.2, 0.25) is 0 Å². The van der Waals surface area contributed by atoms with Gasteiger partial charge in [-0.1, -0.05) is 71.6 Å². The van der Waals surface area contributed by atoms with E-state index in [0.29, 0.717) is 17.3 Å². The number of piperidine rings is 1. The summed E-state index contributed by atoms with van der Waals surface area (Å²) in [4.78, 5) is 14.8. The highest BCUT2D eigenvalue weighted by Crippen LogP contribution is 2.30. The summed E-state index contributed by atoms with van der Waals surface area (Å²) in [5.74, 6) is 1.23. The van der Waals surface area contributed by atoms with Gasteiger partial charge in [-0.15, -0.1) is 20.4 Å². The Morgan fingerprint density at radius 2 is 1.65 bits per heavy atom. The molecule has 0 bridgehead atoms. The maximum Gasteiger partial charge on any atom is 0.282 e. The van der Waals surface area contributed by atoms with Crippen LogP contribution < -0.4 is 10.2 Å². The molecule has 0 spiro atoms. The fourth-order valence-electron chi connectivity index (χ4n) is 3.84. The van der Waals surface area contributed by atoms with E-state index in [4.69, 9.17) is 0 Å². The number of amides is 1. The average Bonchev–Trinajstić information content (AvgIpc) is 3.55. The molecule has 0 saturated carbocycles. The molecule has 0 unspecified atom stereocenters. The van der Waals surface area contributed by atoms with E-state index < -0.39 is 0 Å². The number of rotatable bonds is 8. The standard InChI is InChI=1S/C24H25N7OS2/c32-21(25-16-18-10-4-1-5-11-18)22-27-26-20(34-22)17-33-24-29-28-23(30-14-8-3-9-15-30)31(24)19-12-6-2-7-13-19/h1-2,4-7,10-13H,3,8-9,14-17H2,(H,25,32). The SMILES string of the molecule is O=C(NCc1ccccc1)c1nnc(CSc2nnc(N3CCCCC3)n2-c2ccccc2)s1. The summed E-state index contributed by atoms with van der Waals surface area (Å²) in [6.07, 6.45) is 3.60. The Hall–Kier alpha value is -3.24. The molecule has 0 aliphatic carbocycles. The summed E-state index contributed by atoms with van der Waals surface area (Å²) in [6.45, 7) is 2.45. The number of nitrogens with one attached hydrogen (secondary N) is 1. The maximum absolute atomic E-state index is 12.5. The molecule has 1 N–H and O–H groups in total. The summed E-state index contributed by atoms with van der Waals surface area (Å²) >= 11 is 2.86. The van der Waals surface area contributed by atoms with Gasteiger partial charge < -0.3 is 10.2 Å². The van der Waals surface area contributed by atoms with E-state index in [0.717, 1.165) is 40.5 Å². The predicted molar refractivity (Wildman–Crippen MR) is 135 cm³/mol. The molecule has 1 aliphatic rings. The largest absolute Gasteiger partial charge is 0.346 e. The number of benzene rings is 2. The van der Waals surface area contributed by atoms with Gasteiger partial charge in [-0.05, 0) is 37.0 Å². The molecule has 3 heterocycles. The Morgan fingerprint density at radius 1 is 0.912 bits per heavy atom. The first-order chi connectivity index (χ1) is 16.8. The quantitative estimate of drug-likeness (QED) is 0.367. The zero-order chi connectivity index (χ0) is 23.2. The second kappa shape index (κ2) is 10.8. The normalized spacial score (nSPS) is 13.7. The van der Waals surface area contributed by atoms with Crippen LogP contribution in [-0.2, 0) is 12.3 Å². The molecular formula is C24H25N7OS2. The molecular weight excluding hydrogens is 466 g/mol. The third-order valence-electron chi connectivity index (χ3n) is 5.55. The summed E-state index contributed by atoms with van der Waals surface area (Å²) < 4.78 is 2.12. The molecule has 1 aliphatic heterocycles. The van der Waals surface area contributed by atoms with Crippen molar-refractivity contribution in [1.29, 1.82) is 0 Å². The van der Waals surface area contributed by atoms with Crippen LogP contribution in [0.15, 0.2) is 65.8 Å². The Labute approximate surface area is 206 Å². The van der Waals surface area contributed by atoms with Crippen LogP contribution in [0.4, 0.5) is 5.95 Å². The van der Waals surface area contributed by atoms with Crippen molar-refractivity contribution in [2.75, 3.05) is 18.0 Å². The number of hydrogen-bond donors (Lipinski definition) is 1. The smallest absolute Gasteiger partial charge is 0.282 e. The predicted octanol–water partition coefficient (Wildman–Crippen LogP) is 4.33. The number of nitrogens with zero attached hydrogens (tertiary/aromatic N) is 6. The molecule has 0 atom stereocenters. The van der Waals surface area contributed by atoms with Crippen LogP contribution in [0.3, 0.4) is 0 Å². The van der Waals surface area contributed by atoms with Gasteiger partial charge in [0, 0.05) is 19.6 Å². The van der Waals surface area contributed by atoms with Gasteiger partial charge in [0.1, 0.15) is 5.01 Å². The molecule has 1 fully saturated rings. The Kier molecular flexibility index (Phi) is 7.16. The van der Waals surface area contributed by atoms with Gasteiger partial charge in [0.05, 0.1) is 11.4 Å². The lowest BCUT2D eigenvalue weighted by Gasteiger charge is -2.27. The molecule has 1 amide bonds. The highest BCUT2D eigenvalue weighted by atomic mass is 32.2. The van der Waals surface area contributed by atoms with Crippen molar-refractivity contribution in [3.8, 4) is 5.69 Å². The Balaban J connectivity index is 1.27. The lowest BCUT2D eigenvalue weighted by molar-refractivity contribution is 0.0950. The van der Waals surface area contributed by atoms with Gasteiger partial charge in [-0.25, -0.2) is 0 Å². The Bertz CT molecular complexity index is 1220. The molecule has 174 valence electrons. The molecule has 1 saturated heterocycles. The topological polar surface area (TPSA) is 88.8 Å². The van der Waals surface area contributed by atoms with Crippen LogP contribution >= 0.6 is 23.1 Å². The second-order valence-corrected chi connectivity index (χ2v) is 9.96. The third-order valence-corrected chi connectivity index (χ3v) is 7.60. The van der Waals surface area contributed by atoms with Crippen molar-refractivity contribution >= 4 is 35.0 Å². The van der Waals surface area contributed by atoms with Crippen LogP contribution in [0.5, 0.6) is 0 Å². The van der Waals surface area contributed by atoms with E-state index in [1.165, 1.54) is 30.6 Å². The van der Waals surface area contributed by atoms with Crippen molar-refractivity contribution in [1.82, 2.24) is 30.3 Å². The summed E-state index contributed by atoms with van der Waals surface area (Å²) in [7, 11) is 0. The van der Waals surface area contributed by atoms with Crippen molar-refractivity contribution in [2.24, 2.45) is 0 Å². The molecule has 0 radical (unpaired) electrons. The van der Waals surface area contributed by atoms with E-state index in [-0.39, 0.29) is 5.91 Å². The number of para-hydroxylation sites is 1. The first kappa shape index (κ1) is 22.5. The number of anilines is 1. The van der Waals surface area contributed by atoms with Crippen LogP contribution in [0, 0.1) is 0 Å². The minimum atomic E-state index is -0.211. The lowest BCUT2D eigenvalue weighted by atomic mass is 10.1. The fraction of sp³-hybridized carbons (Fsp3) is 0.292. The van der Waals surface area contributed by atoms with Crippen molar-refractivity contribution in [3.05, 3.63) is 76.2 Å². The summed E-state index contributed by atoms with van der Waals surface area (Å²) in [5.41, 5.74) is 2.08. The molecule has 8 nitrogen and oxygen atoms in total. The van der Waals surface area contributed by atoms with Gasteiger partial charge in [-0.2, -0.15) is 0 Å². The first-order valence-electron chi connectivity index (χ1n) is 11.3. The minimum absolute atomic E-state index is 0.211. The summed E-state index contributed by atoms with van der Waals surface area (Å²) in [6, 6.07) is 20.0. The van der Waals surface area contributed by atoms with Crippen LogP contribution in [0.25, 0.3) is 5.69 Å². The lowest BCUT2D eigenvalue weighted by Crippen LogP contribution is -2.31. The highest BCUT2D eigenvalue weighted by Gasteiger charge is 2.22. The second-order valence-electron chi connectivity index (χ2n) is 7.96.